The van der Waals surface area contributed by atoms with Gasteiger partial charge >= 0.3 is 0 Å². The van der Waals surface area contributed by atoms with Crippen LogP contribution in [0.4, 0.5) is 0 Å². The van der Waals surface area contributed by atoms with Crippen LogP contribution < -0.4 is 10.1 Å². The molecule has 1 rings (SSSR count). The number of rotatable bonds is 7. The topological polar surface area (TPSA) is 41.6 Å². The van der Waals surface area contributed by atoms with Crippen molar-refractivity contribution in [1.29, 1.82) is 0 Å². The first-order chi connectivity index (χ1) is 9.04. The van der Waals surface area contributed by atoms with Gasteiger partial charge in [-0.05, 0) is 25.2 Å². The molecule has 4 nitrogen and oxygen atoms in total. The fourth-order valence-electron chi connectivity index (χ4n) is 1.74. The summed E-state index contributed by atoms with van der Waals surface area (Å²) in [5, 5.41) is 3.64. The summed E-state index contributed by atoms with van der Waals surface area (Å²) in [4.78, 5) is 13.6. The van der Waals surface area contributed by atoms with Gasteiger partial charge in [0.2, 0.25) is 5.91 Å². The predicted octanol–water partition coefficient (Wildman–Crippen LogP) is 2.03. The Hall–Kier alpha value is -1.26. The summed E-state index contributed by atoms with van der Waals surface area (Å²) >= 11 is 5.86. The number of nitrogens with one attached hydrogen (secondary N) is 1. The molecule has 0 aromatic heterocycles. The number of halogens is 1. The smallest absolute Gasteiger partial charge is 0.226 e. The van der Waals surface area contributed by atoms with Crippen molar-refractivity contribution in [2.24, 2.45) is 5.92 Å². The van der Waals surface area contributed by atoms with Crippen LogP contribution in [0.15, 0.2) is 24.3 Å². The molecule has 1 unspecified atom stereocenters. The highest BCUT2D eigenvalue weighted by Crippen LogP contribution is 2.16. The Morgan fingerprint density at radius 1 is 1.53 bits per heavy atom. The molecule has 106 valence electrons. The van der Waals surface area contributed by atoms with E-state index in [0.29, 0.717) is 24.7 Å². The minimum Gasteiger partial charge on any atom is -0.492 e. The monoisotopic (exact) mass is 284 g/mol. The van der Waals surface area contributed by atoms with E-state index < -0.39 is 0 Å². The zero-order valence-corrected chi connectivity index (χ0v) is 12.4. The lowest BCUT2D eigenvalue weighted by molar-refractivity contribution is -0.133. The molecular weight excluding hydrogens is 264 g/mol. The van der Waals surface area contributed by atoms with Crippen molar-refractivity contribution < 1.29 is 9.53 Å². The molecule has 0 aliphatic rings. The van der Waals surface area contributed by atoms with Gasteiger partial charge in [-0.15, -0.1) is 0 Å². The maximum atomic E-state index is 11.9. The molecule has 0 saturated heterocycles. The molecule has 5 heteroatoms. The van der Waals surface area contributed by atoms with Crippen LogP contribution in [0.2, 0.25) is 5.02 Å². The van der Waals surface area contributed by atoms with E-state index in [4.69, 9.17) is 16.3 Å². The van der Waals surface area contributed by atoms with E-state index in [2.05, 4.69) is 5.32 Å². The minimum absolute atomic E-state index is 0.0267. The second-order valence-corrected chi connectivity index (χ2v) is 4.96. The molecule has 1 atom stereocenters. The van der Waals surface area contributed by atoms with Crippen LogP contribution in [0.25, 0.3) is 0 Å². The number of carbonyl (C=O) groups excluding carboxylic acids is 1. The minimum atomic E-state index is -0.0267. The number of ether oxygens (including phenoxy) is 1. The lowest BCUT2D eigenvalue weighted by Crippen LogP contribution is -2.38. The van der Waals surface area contributed by atoms with Gasteiger partial charge in [0, 0.05) is 24.5 Å². The van der Waals surface area contributed by atoms with E-state index in [1.165, 1.54) is 0 Å². The van der Waals surface area contributed by atoms with Crippen molar-refractivity contribution in [3.63, 3.8) is 0 Å². The van der Waals surface area contributed by atoms with Crippen LogP contribution >= 0.6 is 11.6 Å². The highest BCUT2D eigenvalue weighted by atomic mass is 35.5. The molecule has 0 aliphatic carbocycles. The Kier molecular flexibility index (Phi) is 6.67. The van der Waals surface area contributed by atoms with E-state index in [0.717, 1.165) is 5.75 Å². The van der Waals surface area contributed by atoms with Gasteiger partial charge in [-0.1, -0.05) is 24.6 Å². The summed E-state index contributed by atoms with van der Waals surface area (Å²) in [6.07, 6.45) is 0. The first-order valence-corrected chi connectivity index (χ1v) is 6.70. The summed E-state index contributed by atoms with van der Waals surface area (Å²) < 4.78 is 5.55. The second-order valence-electron chi connectivity index (χ2n) is 4.52. The quantitative estimate of drug-likeness (QED) is 0.833. The van der Waals surface area contributed by atoms with Crippen LogP contribution in [-0.4, -0.2) is 44.6 Å². The summed E-state index contributed by atoms with van der Waals surface area (Å²) in [6.45, 7) is 3.60. The summed E-state index contributed by atoms with van der Waals surface area (Å²) in [5.74, 6) is 0.807. The van der Waals surface area contributed by atoms with Gasteiger partial charge < -0.3 is 15.0 Å². The van der Waals surface area contributed by atoms with Crippen LogP contribution in [0.3, 0.4) is 0 Å². The molecule has 0 spiro atoms. The van der Waals surface area contributed by atoms with Crippen LogP contribution in [-0.2, 0) is 4.79 Å². The molecule has 1 aromatic carbocycles. The SMILES string of the molecule is CNCC(C)C(=O)N(C)CCOc1cccc(Cl)c1. The maximum absolute atomic E-state index is 11.9. The molecule has 1 N–H and O–H groups in total. The lowest BCUT2D eigenvalue weighted by Gasteiger charge is -2.21. The Balaban J connectivity index is 2.34. The number of benzene rings is 1. The first kappa shape index (κ1) is 15.8. The third-order valence-electron chi connectivity index (χ3n) is 2.80. The Bertz CT molecular complexity index is 412. The van der Waals surface area contributed by atoms with Crippen molar-refractivity contribution in [3.8, 4) is 5.75 Å². The number of amides is 1. The maximum Gasteiger partial charge on any atom is 0.226 e. The summed E-state index contributed by atoms with van der Waals surface area (Å²) in [7, 11) is 3.63. The van der Waals surface area contributed by atoms with E-state index in [-0.39, 0.29) is 11.8 Å². The summed E-state index contributed by atoms with van der Waals surface area (Å²) in [6, 6.07) is 7.23. The van der Waals surface area contributed by atoms with E-state index in [1.807, 2.05) is 26.1 Å². The van der Waals surface area contributed by atoms with Gasteiger partial charge in [-0.25, -0.2) is 0 Å². The highest BCUT2D eigenvalue weighted by molar-refractivity contribution is 6.30. The van der Waals surface area contributed by atoms with Gasteiger partial charge in [-0.2, -0.15) is 0 Å². The van der Waals surface area contributed by atoms with Crippen molar-refractivity contribution >= 4 is 17.5 Å². The predicted molar refractivity (Wildman–Crippen MR) is 77.7 cm³/mol. The first-order valence-electron chi connectivity index (χ1n) is 6.32. The van der Waals surface area contributed by atoms with E-state index >= 15 is 0 Å². The number of hydrogen-bond acceptors (Lipinski definition) is 3. The fourth-order valence-corrected chi connectivity index (χ4v) is 1.92. The molecule has 1 aromatic rings. The van der Waals surface area contributed by atoms with Crippen LogP contribution in [0.1, 0.15) is 6.92 Å². The van der Waals surface area contributed by atoms with E-state index in [9.17, 15) is 4.79 Å². The normalized spacial score (nSPS) is 12.0. The standard InChI is InChI=1S/C14H21ClN2O2/c1-11(10-16-2)14(18)17(3)7-8-19-13-6-4-5-12(15)9-13/h4-6,9,11,16H,7-8,10H2,1-3H3. The van der Waals surface area contributed by atoms with Crippen LogP contribution in [0, 0.1) is 5.92 Å². The lowest BCUT2D eigenvalue weighted by atomic mass is 10.1. The number of likely N-dealkylation sites (N-methyl/N-ethyl adjacent to an activating group) is 1. The van der Waals surface area contributed by atoms with Crippen molar-refractivity contribution in [2.75, 3.05) is 33.8 Å². The van der Waals surface area contributed by atoms with Crippen LogP contribution in [0.5, 0.6) is 5.75 Å². The van der Waals surface area contributed by atoms with Gasteiger partial charge in [-0.3, -0.25) is 4.79 Å². The van der Waals surface area contributed by atoms with Crippen molar-refractivity contribution in [3.05, 3.63) is 29.3 Å². The molecule has 0 bridgehead atoms. The molecule has 0 radical (unpaired) electrons. The summed E-state index contributed by atoms with van der Waals surface area (Å²) in [5.41, 5.74) is 0. The second kappa shape index (κ2) is 8.02. The highest BCUT2D eigenvalue weighted by Gasteiger charge is 2.16. The zero-order chi connectivity index (χ0) is 14.3. The van der Waals surface area contributed by atoms with Gasteiger partial charge in [0.15, 0.2) is 0 Å². The van der Waals surface area contributed by atoms with Crippen molar-refractivity contribution in [1.82, 2.24) is 10.2 Å². The zero-order valence-electron chi connectivity index (χ0n) is 11.6. The Labute approximate surface area is 119 Å². The molecule has 0 fully saturated rings. The van der Waals surface area contributed by atoms with Gasteiger partial charge in [0.1, 0.15) is 12.4 Å². The molecular formula is C14H21ClN2O2. The molecule has 19 heavy (non-hydrogen) atoms. The molecule has 0 heterocycles. The number of hydrogen-bond donors (Lipinski definition) is 1. The molecule has 0 aliphatic heterocycles. The molecule has 0 saturated carbocycles. The van der Waals surface area contributed by atoms with E-state index in [1.54, 1.807) is 24.1 Å². The number of carbonyl (C=O) groups is 1. The van der Waals surface area contributed by atoms with Gasteiger partial charge in [0.25, 0.3) is 0 Å². The van der Waals surface area contributed by atoms with Gasteiger partial charge in [0.05, 0.1) is 6.54 Å². The average molecular weight is 285 g/mol. The fraction of sp³-hybridized carbons (Fsp3) is 0.500. The number of nitrogens with zero attached hydrogens (tertiary/aromatic N) is 1. The third kappa shape index (κ3) is 5.49. The molecule has 1 amide bonds. The largest absolute Gasteiger partial charge is 0.492 e. The Morgan fingerprint density at radius 3 is 2.89 bits per heavy atom. The Morgan fingerprint density at radius 2 is 2.26 bits per heavy atom. The third-order valence-corrected chi connectivity index (χ3v) is 3.03. The average Bonchev–Trinajstić information content (AvgIpc) is 2.38. The van der Waals surface area contributed by atoms with Crippen molar-refractivity contribution in [2.45, 2.75) is 6.92 Å².